The van der Waals surface area contributed by atoms with Gasteiger partial charge in [0, 0.05) is 11.1 Å². The Kier molecular flexibility index (Phi) is 3.92. The zero-order chi connectivity index (χ0) is 16.7. The van der Waals surface area contributed by atoms with Gasteiger partial charge in [0.25, 0.3) is 5.91 Å². The summed E-state index contributed by atoms with van der Waals surface area (Å²) in [5.41, 5.74) is 2.06. The smallest absolute Gasteiger partial charge is 0.276 e. The lowest BCUT2D eigenvalue weighted by molar-refractivity contribution is -0.116. The highest BCUT2D eigenvalue weighted by molar-refractivity contribution is 8.13. The van der Waals surface area contributed by atoms with Crippen LogP contribution in [0.4, 0.5) is 0 Å². The second kappa shape index (κ2) is 6.09. The van der Waals surface area contributed by atoms with Crippen LogP contribution in [0.3, 0.4) is 0 Å². The highest BCUT2D eigenvalue weighted by atomic mass is 32.2. The van der Waals surface area contributed by atoms with Gasteiger partial charge in [0.15, 0.2) is 5.17 Å². The summed E-state index contributed by atoms with van der Waals surface area (Å²) in [6, 6.07) is 7.84. The lowest BCUT2D eigenvalue weighted by Gasteiger charge is -2.38. The first-order valence-corrected chi connectivity index (χ1v) is 9.46. The predicted molar refractivity (Wildman–Crippen MR) is 96.4 cm³/mol. The van der Waals surface area contributed by atoms with Gasteiger partial charge in [0.2, 0.25) is 0 Å². The van der Waals surface area contributed by atoms with Crippen LogP contribution in [-0.2, 0) is 4.79 Å². The minimum atomic E-state index is -0.118. The average Bonchev–Trinajstić information content (AvgIpc) is 2.61. The molecule has 0 saturated heterocycles. The molecule has 0 bridgehead atoms. The Bertz CT molecular complexity index is 873. The maximum absolute atomic E-state index is 12.7. The number of fused-ring (bicyclic) bond motifs is 2. The lowest BCUT2D eigenvalue weighted by Crippen LogP contribution is -2.54. The van der Waals surface area contributed by atoms with Crippen molar-refractivity contribution < 1.29 is 4.79 Å². The molecule has 2 atom stereocenters. The fraction of sp³-hybridized carbons (Fsp3) is 0.389. The molecule has 0 saturated carbocycles. The van der Waals surface area contributed by atoms with Crippen molar-refractivity contribution in [3.63, 3.8) is 0 Å². The minimum Gasteiger partial charge on any atom is -0.298 e. The van der Waals surface area contributed by atoms with Crippen LogP contribution in [-0.4, -0.2) is 28.5 Å². The summed E-state index contributed by atoms with van der Waals surface area (Å²) in [6.45, 7) is 2.18. The molecular formula is C18H20N4OS. The monoisotopic (exact) mass is 340 g/mol. The van der Waals surface area contributed by atoms with E-state index in [2.05, 4.69) is 23.4 Å². The molecule has 1 aromatic carbocycles. The lowest BCUT2D eigenvalue weighted by atomic mass is 9.87. The van der Waals surface area contributed by atoms with E-state index in [1.54, 1.807) is 0 Å². The number of amidine groups is 1. The topological polar surface area (TPSA) is 57.1 Å². The predicted octanol–water partition coefficient (Wildman–Crippen LogP) is 1.57. The molecule has 1 N–H and O–H groups in total. The number of hydrogen-bond acceptors (Lipinski definition) is 5. The second-order valence-corrected chi connectivity index (χ2v) is 7.20. The van der Waals surface area contributed by atoms with E-state index in [9.17, 15) is 4.79 Å². The number of amides is 1. The van der Waals surface area contributed by atoms with Crippen LogP contribution >= 0.6 is 11.8 Å². The number of thioether (sulfide) groups is 1. The number of hydrogen-bond donors (Lipinski definition) is 1. The highest BCUT2D eigenvalue weighted by Crippen LogP contribution is 2.32. The summed E-state index contributed by atoms with van der Waals surface area (Å²) in [6.07, 6.45) is 7.25. The molecule has 4 rings (SSSR count). The SMILES string of the molecule is CSC1=NN2C(=c3ccccc3=N[C@H]2[C@H]2CC=C(C)CC2)C(=O)N1. The Morgan fingerprint density at radius 3 is 2.92 bits per heavy atom. The van der Waals surface area contributed by atoms with Crippen molar-refractivity contribution in [1.82, 2.24) is 10.3 Å². The van der Waals surface area contributed by atoms with E-state index in [-0.39, 0.29) is 12.1 Å². The molecule has 2 aliphatic heterocycles. The standard InChI is InChI=1S/C18H20N4OS/c1-11-7-9-12(10-8-11)16-19-14-6-4-3-5-13(14)15-17(23)20-18(24-2)21-22(15)16/h3-7,12,16H,8-10H2,1-2H3,(H,20,21,23)/t12-,16+/m0/s1. The van der Waals surface area contributed by atoms with Crippen molar-refractivity contribution in [1.29, 1.82) is 0 Å². The third kappa shape index (κ3) is 2.55. The van der Waals surface area contributed by atoms with Crippen molar-refractivity contribution in [2.75, 3.05) is 6.26 Å². The Hall–Kier alpha value is -2.08. The number of benzene rings is 1. The summed E-state index contributed by atoms with van der Waals surface area (Å²) in [4.78, 5) is 17.7. The van der Waals surface area contributed by atoms with Crippen molar-refractivity contribution in [2.45, 2.75) is 32.4 Å². The van der Waals surface area contributed by atoms with Gasteiger partial charge in [0.1, 0.15) is 11.9 Å². The number of carbonyl (C=O) groups is 1. The molecule has 0 unspecified atom stereocenters. The zero-order valence-electron chi connectivity index (χ0n) is 13.8. The summed E-state index contributed by atoms with van der Waals surface area (Å²) in [7, 11) is 0. The number of nitrogens with zero attached hydrogens (tertiary/aromatic N) is 3. The normalized spacial score (nSPS) is 25.8. The van der Waals surface area contributed by atoms with E-state index in [0.717, 1.165) is 29.8 Å². The van der Waals surface area contributed by atoms with Crippen LogP contribution in [0.25, 0.3) is 5.70 Å². The zero-order valence-corrected chi connectivity index (χ0v) is 14.6. The van der Waals surface area contributed by atoms with Gasteiger partial charge in [-0.15, -0.1) is 5.10 Å². The molecule has 0 aromatic heterocycles. The molecule has 0 fully saturated rings. The second-order valence-electron chi connectivity index (χ2n) is 6.40. The molecule has 0 radical (unpaired) electrons. The van der Waals surface area contributed by atoms with E-state index in [1.807, 2.05) is 35.5 Å². The number of nitrogens with one attached hydrogen (secondary N) is 1. The molecule has 1 amide bonds. The molecular weight excluding hydrogens is 320 g/mol. The van der Waals surface area contributed by atoms with Crippen molar-refractivity contribution in [3.8, 4) is 0 Å². The van der Waals surface area contributed by atoms with Crippen molar-refractivity contribution in [2.24, 2.45) is 16.0 Å². The van der Waals surface area contributed by atoms with E-state index < -0.39 is 0 Å². The molecule has 2 heterocycles. The molecule has 3 aliphatic rings. The fourth-order valence-electron chi connectivity index (χ4n) is 3.51. The van der Waals surface area contributed by atoms with Crippen molar-refractivity contribution >= 4 is 28.5 Å². The summed E-state index contributed by atoms with van der Waals surface area (Å²) >= 11 is 1.45. The van der Waals surface area contributed by atoms with Gasteiger partial charge in [-0.05, 0) is 38.5 Å². The Balaban J connectivity index is 1.87. The molecule has 0 spiro atoms. The number of rotatable bonds is 1. The van der Waals surface area contributed by atoms with E-state index in [1.165, 1.54) is 17.3 Å². The average molecular weight is 340 g/mol. The van der Waals surface area contributed by atoms with Gasteiger partial charge in [-0.3, -0.25) is 15.1 Å². The van der Waals surface area contributed by atoms with Crippen LogP contribution in [0.5, 0.6) is 0 Å². The largest absolute Gasteiger partial charge is 0.298 e. The molecule has 1 aliphatic carbocycles. The van der Waals surface area contributed by atoms with Crippen LogP contribution in [0.15, 0.2) is 46.0 Å². The van der Waals surface area contributed by atoms with Crippen LogP contribution < -0.4 is 15.9 Å². The molecule has 5 nitrogen and oxygen atoms in total. The first kappa shape index (κ1) is 15.4. The highest BCUT2D eigenvalue weighted by Gasteiger charge is 2.37. The Morgan fingerprint density at radius 2 is 2.17 bits per heavy atom. The molecule has 24 heavy (non-hydrogen) atoms. The summed E-state index contributed by atoms with van der Waals surface area (Å²) < 4.78 is 0. The number of carbonyl (C=O) groups excluding carboxylic acids is 1. The maximum Gasteiger partial charge on any atom is 0.276 e. The van der Waals surface area contributed by atoms with Gasteiger partial charge < -0.3 is 0 Å². The summed E-state index contributed by atoms with van der Waals surface area (Å²) in [5, 5.41) is 11.8. The van der Waals surface area contributed by atoms with E-state index in [0.29, 0.717) is 16.8 Å². The third-order valence-electron chi connectivity index (χ3n) is 4.84. The van der Waals surface area contributed by atoms with Crippen LogP contribution in [0, 0.1) is 5.92 Å². The van der Waals surface area contributed by atoms with Gasteiger partial charge in [-0.25, -0.2) is 5.01 Å². The quantitative estimate of drug-likeness (QED) is 0.790. The van der Waals surface area contributed by atoms with Crippen LogP contribution in [0.2, 0.25) is 0 Å². The van der Waals surface area contributed by atoms with E-state index in [4.69, 9.17) is 4.99 Å². The number of allylic oxidation sites excluding steroid dienone is 2. The Morgan fingerprint density at radius 1 is 1.33 bits per heavy atom. The summed E-state index contributed by atoms with van der Waals surface area (Å²) in [5.74, 6) is 0.277. The van der Waals surface area contributed by atoms with Gasteiger partial charge in [-0.2, -0.15) is 0 Å². The maximum atomic E-state index is 12.7. The number of hydrazone groups is 1. The first-order valence-electron chi connectivity index (χ1n) is 8.23. The third-order valence-corrected chi connectivity index (χ3v) is 5.41. The van der Waals surface area contributed by atoms with Crippen molar-refractivity contribution in [3.05, 3.63) is 46.5 Å². The molecule has 6 heteroatoms. The molecule has 124 valence electrons. The van der Waals surface area contributed by atoms with Gasteiger partial charge >= 0.3 is 0 Å². The minimum absolute atomic E-state index is 0.0933. The Labute approximate surface area is 145 Å². The van der Waals surface area contributed by atoms with Crippen LogP contribution in [0.1, 0.15) is 26.2 Å². The van der Waals surface area contributed by atoms with Gasteiger partial charge in [-0.1, -0.05) is 41.6 Å². The van der Waals surface area contributed by atoms with E-state index >= 15 is 0 Å². The molecule has 1 aromatic rings. The first-order chi connectivity index (χ1) is 11.7. The number of para-hydroxylation sites is 1. The fourth-order valence-corrected chi connectivity index (χ4v) is 3.87. The van der Waals surface area contributed by atoms with Gasteiger partial charge in [0.05, 0.1) is 5.36 Å².